The fourth-order valence-electron chi connectivity index (χ4n) is 3.32. The zero-order chi connectivity index (χ0) is 18.1. The minimum absolute atomic E-state index is 0.0713. The second-order valence-electron chi connectivity index (χ2n) is 6.21. The summed E-state index contributed by atoms with van der Waals surface area (Å²) < 4.78 is 6.46. The van der Waals surface area contributed by atoms with Gasteiger partial charge in [0.2, 0.25) is 0 Å². The molecule has 134 valence electrons. The van der Waals surface area contributed by atoms with Crippen LogP contribution in [0.15, 0.2) is 30.6 Å². The van der Waals surface area contributed by atoms with E-state index in [-0.39, 0.29) is 11.9 Å². The van der Waals surface area contributed by atoms with E-state index in [1.54, 1.807) is 4.68 Å². The molecule has 1 aliphatic rings. The van der Waals surface area contributed by atoms with Gasteiger partial charge in [-0.1, -0.05) is 17.3 Å². The molecule has 2 N–H and O–H groups in total. The second kappa shape index (κ2) is 6.58. The van der Waals surface area contributed by atoms with E-state index >= 15 is 0 Å². The average Bonchev–Trinajstić information content (AvgIpc) is 3.12. The van der Waals surface area contributed by atoms with Crippen molar-refractivity contribution in [2.75, 3.05) is 30.8 Å². The third-order valence-electron chi connectivity index (χ3n) is 4.72. The fraction of sp³-hybridized carbons (Fsp3) is 0.353. The van der Waals surface area contributed by atoms with Gasteiger partial charge in [0, 0.05) is 13.1 Å². The summed E-state index contributed by atoms with van der Waals surface area (Å²) in [5.74, 6) is 0.921. The molecule has 9 nitrogen and oxygen atoms in total. The molecule has 0 bridgehead atoms. The second-order valence-corrected chi connectivity index (χ2v) is 6.21. The zero-order valence-electron chi connectivity index (χ0n) is 14.4. The number of carbonyl (C=O) groups excluding carboxylic acids is 1. The number of aromatic nitrogens is 5. The normalized spacial score (nSPS) is 15.3. The third kappa shape index (κ3) is 2.71. The van der Waals surface area contributed by atoms with Gasteiger partial charge in [-0.05, 0) is 25.0 Å². The Hall–Kier alpha value is -3.23. The van der Waals surface area contributed by atoms with Crippen LogP contribution in [0.5, 0.6) is 0 Å². The number of nitrogens with two attached hydrogens (primary N) is 1. The Labute approximate surface area is 149 Å². The molecule has 1 saturated heterocycles. The average molecular weight is 353 g/mol. The molecule has 1 aromatic carbocycles. The number of rotatable bonds is 3. The SMILES string of the molecule is COC(=O)C1CCN(c2ncnc(-n3nnc4ccccc43)c2N)CC1. The molecule has 0 saturated carbocycles. The Kier molecular flexibility index (Phi) is 4.11. The van der Waals surface area contributed by atoms with Gasteiger partial charge in [0.15, 0.2) is 11.6 Å². The number of carbonyl (C=O) groups is 1. The highest BCUT2D eigenvalue weighted by molar-refractivity contribution is 5.79. The van der Waals surface area contributed by atoms with E-state index in [2.05, 4.69) is 25.2 Å². The Morgan fingerprint density at radius 3 is 2.69 bits per heavy atom. The largest absolute Gasteiger partial charge is 0.469 e. The van der Waals surface area contributed by atoms with Gasteiger partial charge in [0.1, 0.15) is 17.5 Å². The van der Waals surface area contributed by atoms with Crippen LogP contribution in [0.1, 0.15) is 12.8 Å². The van der Waals surface area contributed by atoms with Gasteiger partial charge < -0.3 is 15.4 Å². The van der Waals surface area contributed by atoms with Gasteiger partial charge in [-0.15, -0.1) is 5.10 Å². The van der Waals surface area contributed by atoms with E-state index in [1.165, 1.54) is 13.4 Å². The zero-order valence-corrected chi connectivity index (χ0v) is 14.4. The number of esters is 1. The fourth-order valence-corrected chi connectivity index (χ4v) is 3.32. The number of fused-ring (bicyclic) bond motifs is 1. The van der Waals surface area contributed by atoms with Crippen molar-refractivity contribution in [1.29, 1.82) is 0 Å². The maximum Gasteiger partial charge on any atom is 0.308 e. The van der Waals surface area contributed by atoms with Crippen LogP contribution in [0.2, 0.25) is 0 Å². The predicted octanol–water partition coefficient (Wildman–Crippen LogP) is 1.18. The monoisotopic (exact) mass is 353 g/mol. The first-order valence-corrected chi connectivity index (χ1v) is 8.43. The minimum atomic E-state index is -0.157. The van der Waals surface area contributed by atoms with E-state index in [0.717, 1.165) is 11.0 Å². The Bertz CT molecular complexity index is 947. The standard InChI is InChI=1S/C17H19N7O2/c1-26-17(25)11-6-8-23(9-7-11)15-14(18)16(20-10-19-15)24-13-5-3-2-4-12(13)21-22-24/h2-5,10-11H,6-9,18H2,1H3. The predicted molar refractivity (Wildman–Crippen MR) is 95.8 cm³/mol. The van der Waals surface area contributed by atoms with Crippen LogP contribution in [-0.2, 0) is 9.53 Å². The number of methoxy groups -OCH3 is 1. The molecule has 0 unspecified atom stereocenters. The van der Waals surface area contributed by atoms with Crippen molar-refractivity contribution >= 4 is 28.5 Å². The Balaban J connectivity index is 1.64. The number of benzene rings is 1. The molecule has 0 atom stereocenters. The summed E-state index contributed by atoms with van der Waals surface area (Å²) in [5, 5.41) is 8.32. The summed E-state index contributed by atoms with van der Waals surface area (Å²) in [5.41, 5.74) is 8.41. The smallest absolute Gasteiger partial charge is 0.308 e. The summed E-state index contributed by atoms with van der Waals surface area (Å²) in [7, 11) is 1.42. The molecule has 0 spiro atoms. The van der Waals surface area contributed by atoms with Crippen molar-refractivity contribution in [3.63, 3.8) is 0 Å². The summed E-state index contributed by atoms with van der Waals surface area (Å²) >= 11 is 0. The van der Waals surface area contributed by atoms with Crippen LogP contribution in [-0.4, -0.2) is 51.1 Å². The van der Waals surface area contributed by atoms with E-state index in [1.807, 2.05) is 24.3 Å². The molecule has 3 aromatic rings. The molecular weight excluding hydrogens is 334 g/mol. The van der Waals surface area contributed by atoms with Gasteiger partial charge in [0.25, 0.3) is 0 Å². The van der Waals surface area contributed by atoms with Gasteiger partial charge >= 0.3 is 5.97 Å². The Morgan fingerprint density at radius 2 is 1.92 bits per heavy atom. The van der Waals surface area contributed by atoms with Crippen LogP contribution in [0.25, 0.3) is 16.9 Å². The number of para-hydroxylation sites is 1. The van der Waals surface area contributed by atoms with Crippen LogP contribution in [0.4, 0.5) is 11.5 Å². The van der Waals surface area contributed by atoms with Gasteiger partial charge in [-0.3, -0.25) is 4.79 Å². The lowest BCUT2D eigenvalue weighted by Crippen LogP contribution is -2.37. The Morgan fingerprint density at radius 1 is 1.19 bits per heavy atom. The minimum Gasteiger partial charge on any atom is -0.469 e. The van der Waals surface area contributed by atoms with Crippen molar-refractivity contribution in [2.45, 2.75) is 12.8 Å². The molecule has 4 rings (SSSR count). The number of nitrogen functional groups attached to an aromatic ring is 1. The first-order chi connectivity index (χ1) is 12.7. The molecule has 0 aliphatic carbocycles. The number of anilines is 2. The lowest BCUT2D eigenvalue weighted by Gasteiger charge is -2.32. The van der Waals surface area contributed by atoms with E-state index in [9.17, 15) is 4.79 Å². The first kappa shape index (κ1) is 16.2. The molecule has 26 heavy (non-hydrogen) atoms. The summed E-state index contributed by atoms with van der Waals surface area (Å²) in [6, 6.07) is 7.62. The molecule has 1 aliphatic heterocycles. The highest BCUT2D eigenvalue weighted by Gasteiger charge is 2.28. The van der Waals surface area contributed by atoms with Gasteiger partial charge in [0.05, 0.1) is 18.5 Å². The van der Waals surface area contributed by atoms with Gasteiger partial charge in [-0.25, -0.2) is 9.97 Å². The van der Waals surface area contributed by atoms with Crippen LogP contribution in [0, 0.1) is 5.92 Å². The van der Waals surface area contributed by atoms with Gasteiger partial charge in [-0.2, -0.15) is 4.68 Å². The number of hydrogen-bond donors (Lipinski definition) is 1. The van der Waals surface area contributed by atoms with Crippen LogP contribution >= 0.6 is 0 Å². The van der Waals surface area contributed by atoms with Crippen molar-refractivity contribution < 1.29 is 9.53 Å². The first-order valence-electron chi connectivity index (χ1n) is 8.43. The molecule has 0 radical (unpaired) electrons. The number of piperidine rings is 1. The molecular formula is C17H19N7O2. The number of hydrogen-bond acceptors (Lipinski definition) is 8. The van der Waals surface area contributed by atoms with Crippen molar-refractivity contribution in [2.24, 2.45) is 5.92 Å². The summed E-state index contributed by atoms with van der Waals surface area (Å²) in [6.45, 7) is 1.36. The third-order valence-corrected chi connectivity index (χ3v) is 4.72. The van der Waals surface area contributed by atoms with E-state index in [0.29, 0.717) is 43.3 Å². The number of nitrogens with zero attached hydrogens (tertiary/aromatic N) is 6. The highest BCUT2D eigenvalue weighted by Crippen LogP contribution is 2.30. The molecule has 0 amide bonds. The molecule has 1 fully saturated rings. The van der Waals surface area contributed by atoms with Crippen molar-refractivity contribution in [1.82, 2.24) is 25.0 Å². The lowest BCUT2D eigenvalue weighted by atomic mass is 9.97. The molecule has 2 aromatic heterocycles. The molecule has 9 heteroatoms. The number of ether oxygens (including phenoxy) is 1. The lowest BCUT2D eigenvalue weighted by molar-refractivity contribution is -0.146. The van der Waals surface area contributed by atoms with Crippen molar-refractivity contribution in [3.8, 4) is 5.82 Å². The summed E-state index contributed by atoms with van der Waals surface area (Å²) in [6.07, 6.45) is 2.89. The highest BCUT2D eigenvalue weighted by atomic mass is 16.5. The van der Waals surface area contributed by atoms with E-state index < -0.39 is 0 Å². The van der Waals surface area contributed by atoms with E-state index in [4.69, 9.17) is 10.5 Å². The van der Waals surface area contributed by atoms with Crippen LogP contribution in [0.3, 0.4) is 0 Å². The van der Waals surface area contributed by atoms with Crippen LogP contribution < -0.4 is 10.6 Å². The topological polar surface area (TPSA) is 112 Å². The van der Waals surface area contributed by atoms with Crippen molar-refractivity contribution in [3.05, 3.63) is 30.6 Å². The quantitative estimate of drug-likeness (QED) is 0.699. The molecule has 3 heterocycles. The summed E-state index contributed by atoms with van der Waals surface area (Å²) in [4.78, 5) is 22.4. The maximum atomic E-state index is 11.7. The maximum absolute atomic E-state index is 11.7.